The fourth-order valence-corrected chi connectivity index (χ4v) is 1.22. The van der Waals surface area contributed by atoms with Crippen LogP contribution < -0.4 is 4.74 Å². The van der Waals surface area contributed by atoms with Gasteiger partial charge in [0.2, 0.25) is 0 Å². The van der Waals surface area contributed by atoms with E-state index >= 15 is 0 Å². The number of aliphatic hydroxyl groups is 1. The fraction of sp³-hybridized carbons (Fsp3) is 0.538. The first kappa shape index (κ1) is 12.1. The third kappa shape index (κ3) is 4.34. The molecule has 2 heteroatoms. The molecule has 0 saturated heterocycles. The summed E-state index contributed by atoms with van der Waals surface area (Å²) in [7, 11) is 0. The van der Waals surface area contributed by atoms with Crippen molar-refractivity contribution < 1.29 is 9.84 Å². The van der Waals surface area contributed by atoms with Crippen molar-refractivity contribution in [1.82, 2.24) is 0 Å². The van der Waals surface area contributed by atoms with E-state index in [0.29, 0.717) is 12.5 Å². The Balaban J connectivity index is 2.66. The zero-order valence-corrected chi connectivity index (χ0v) is 9.95. The van der Waals surface area contributed by atoms with Gasteiger partial charge in [0.25, 0.3) is 0 Å². The molecule has 84 valence electrons. The van der Waals surface area contributed by atoms with Gasteiger partial charge in [0.1, 0.15) is 12.4 Å². The van der Waals surface area contributed by atoms with Crippen LogP contribution in [0.25, 0.3) is 0 Å². The van der Waals surface area contributed by atoms with Crippen LogP contribution in [0, 0.1) is 0 Å². The molecule has 0 saturated carbocycles. The van der Waals surface area contributed by atoms with Gasteiger partial charge in [-0.15, -0.1) is 0 Å². The van der Waals surface area contributed by atoms with Crippen molar-refractivity contribution in [2.24, 2.45) is 0 Å². The SMILES string of the molecule is CC(C)c1cccc(OCC(C)(C)O)c1. The summed E-state index contributed by atoms with van der Waals surface area (Å²) in [6.07, 6.45) is 0. The molecule has 1 rings (SSSR count). The first-order valence-electron chi connectivity index (χ1n) is 5.33. The monoisotopic (exact) mass is 208 g/mol. The third-order valence-electron chi connectivity index (χ3n) is 2.12. The molecule has 2 nitrogen and oxygen atoms in total. The molecule has 0 bridgehead atoms. The molecule has 0 atom stereocenters. The van der Waals surface area contributed by atoms with Gasteiger partial charge < -0.3 is 9.84 Å². The van der Waals surface area contributed by atoms with Crippen LogP contribution in [-0.2, 0) is 0 Å². The summed E-state index contributed by atoms with van der Waals surface area (Å²) in [6.45, 7) is 8.08. The molecule has 15 heavy (non-hydrogen) atoms. The average molecular weight is 208 g/mol. The van der Waals surface area contributed by atoms with Crippen LogP contribution >= 0.6 is 0 Å². The van der Waals surface area contributed by atoms with Crippen molar-refractivity contribution in [3.8, 4) is 5.75 Å². The van der Waals surface area contributed by atoms with Crippen LogP contribution in [0.1, 0.15) is 39.2 Å². The number of rotatable bonds is 4. The van der Waals surface area contributed by atoms with E-state index in [2.05, 4.69) is 19.9 Å². The summed E-state index contributed by atoms with van der Waals surface area (Å²) < 4.78 is 5.51. The molecule has 0 aliphatic rings. The lowest BCUT2D eigenvalue weighted by molar-refractivity contribution is 0.0284. The Morgan fingerprint density at radius 2 is 2.00 bits per heavy atom. The largest absolute Gasteiger partial charge is 0.491 e. The van der Waals surface area contributed by atoms with Gasteiger partial charge in [-0.2, -0.15) is 0 Å². The van der Waals surface area contributed by atoms with Gasteiger partial charge in [0.05, 0.1) is 5.60 Å². The van der Waals surface area contributed by atoms with Gasteiger partial charge in [0.15, 0.2) is 0 Å². The van der Waals surface area contributed by atoms with Crippen LogP contribution in [0.3, 0.4) is 0 Å². The Hall–Kier alpha value is -1.02. The second-order valence-corrected chi connectivity index (χ2v) is 4.83. The predicted molar refractivity (Wildman–Crippen MR) is 62.3 cm³/mol. The van der Waals surface area contributed by atoms with Gasteiger partial charge in [0, 0.05) is 0 Å². The molecule has 1 aromatic carbocycles. The second-order valence-electron chi connectivity index (χ2n) is 4.83. The highest BCUT2D eigenvalue weighted by atomic mass is 16.5. The third-order valence-corrected chi connectivity index (χ3v) is 2.12. The molecule has 0 amide bonds. The van der Waals surface area contributed by atoms with Crippen LogP contribution in [0.5, 0.6) is 5.75 Å². The van der Waals surface area contributed by atoms with E-state index in [1.807, 2.05) is 18.2 Å². The quantitative estimate of drug-likeness (QED) is 0.824. The normalized spacial score (nSPS) is 11.9. The van der Waals surface area contributed by atoms with Gasteiger partial charge in [-0.25, -0.2) is 0 Å². The van der Waals surface area contributed by atoms with E-state index in [0.717, 1.165) is 5.75 Å². The minimum Gasteiger partial charge on any atom is -0.491 e. The molecule has 0 radical (unpaired) electrons. The van der Waals surface area contributed by atoms with Crippen LogP contribution in [0.2, 0.25) is 0 Å². The van der Waals surface area contributed by atoms with E-state index in [4.69, 9.17) is 4.74 Å². The molecular formula is C13H20O2. The summed E-state index contributed by atoms with van der Waals surface area (Å²) in [5.74, 6) is 1.32. The van der Waals surface area contributed by atoms with E-state index in [1.54, 1.807) is 13.8 Å². The zero-order chi connectivity index (χ0) is 11.5. The van der Waals surface area contributed by atoms with Gasteiger partial charge in [-0.05, 0) is 37.5 Å². The molecule has 0 heterocycles. The molecular weight excluding hydrogens is 188 g/mol. The first-order valence-corrected chi connectivity index (χ1v) is 5.33. The van der Waals surface area contributed by atoms with E-state index in [-0.39, 0.29) is 0 Å². The van der Waals surface area contributed by atoms with Crippen molar-refractivity contribution in [2.45, 2.75) is 39.2 Å². The topological polar surface area (TPSA) is 29.5 Å². The van der Waals surface area contributed by atoms with Crippen molar-refractivity contribution in [1.29, 1.82) is 0 Å². The van der Waals surface area contributed by atoms with Crippen molar-refractivity contribution in [2.75, 3.05) is 6.61 Å². The minimum absolute atomic E-state index is 0.314. The van der Waals surface area contributed by atoms with Crippen molar-refractivity contribution in [3.05, 3.63) is 29.8 Å². The molecule has 0 aromatic heterocycles. The fourth-order valence-electron chi connectivity index (χ4n) is 1.22. The standard InChI is InChI=1S/C13H20O2/c1-10(2)11-6-5-7-12(8-11)15-9-13(3,4)14/h5-8,10,14H,9H2,1-4H3. The summed E-state index contributed by atoms with van der Waals surface area (Å²) in [6, 6.07) is 8.00. The number of ether oxygens (including phenoxy) is 1. The lowest BCUT2D eigenvalue weighted by Crippen LogP contribution is -2.27. The first-order chi connectivity index (χ1) is 6.88. The Morgan fingerprint density at radius 3 is 2.53 bits per heavy atom. The predicted octanol–water partition coefficient (Wildman–Crippen LogP) is 2.96. The molecule has 0 fully saturated rings. The van der Waals surface area contributed by atoms with Gasteiger partial charge in [-0.3, -0.25) is 0 Å². The highest BCUT2D eigenvalue weighted by Gasteiger charge is 2.13. The maximum atomic E-state index is 9.53. The summed E-state index contributed by atoms with van der Waals surface area (Å²) in [5.41, 5.74) is 0.469. The molecule has 0 aliphatic carbocycles. The Kier molecular flexibility index (Phi) is 3.75. The molecule has 0 unspecified atom stereocenters. The zero-order valence-electron chi connectivity index (χ0n) is 9.95. The Morgan fingerprint density at radius 1 is 1.33 bits per heavy atom. The van der Waals surface area contributed by atoms with E-state index in [9.17, 15) is 5.11 Å². The maximum Gasteiger partial charge on any atom is 0.119 e. The molecule has 1 N–H and O–H groups in total. The van der Waals surface area contributed by atoms with Crippen molar-refractivity contribution >= 4 is 0 Å². The number of hydrogen-bond donors (Lipinski definition) is 1. The smallest absolute Gasteiger partial charge is 0.119 e. The van der Waals surface area contributed by atoms with Crippen LogP contribution in [0.15, 0.2) is 24.3 Å². The van der Waals surface area contributed by atoms with Gasteiger partial charge >= 0.3 is 0 Å². The highest BCUT2D eigenvalue weighted by molar-refractivity contribution is 5.30. The summed E-state index contributed by atoms with van der Waals surface area (Å²) in [5, 5.41) is 9.53. The Bertz CT molecular complexity index is 311. The van der Waals surface area contributed by atoms with E-state index < -0.39 is 5.60 Å². The lowest BCUT2D eigenvalue weighted by atomic mass is 10.0. The maximum absolute atomic E-state index is 9.53. The van der Waals surface area contributed by atoms with Crippen LogP contribution in [-0.4, -0.2) is 17.3 Å². The number of benzene rings is 1. The van der Waals surface area contributed by atoms with Crippen LogP contribution in [0.4, 0.5) is 0 Å². The average Bonchev–Trinajstić information content (AvgIpc) is 2.14. The van der Waals surface area contributed by atoms with E-state index in [1.165, 1.54) is 5.56 Å². The second kappa shape index (κ2) is 4.67. The Labute approximate surface area is 91.9 Å². The highest BCUT2D eigenvalue weighted by Crippen LogP contribution is 2.20. The molecule has 0 spiro atoms. The lowest BCUT2D eigenvalue weighted by Gasteiger charge is -2.18. The summed E-state index contributed by atoms with van der Waals surface area (Å²) >= 11 is 0. The number of hydrogen-bond acceptors (Lipinski definition) is 2. The van der Waals surface area contributed by atoms with Crippen molar-refractivity contribution in [3.63, 3.8) is 0 Å². The minimum atomic E-state index is -0.784. The molecule has 0 aliphatic heterocycles. The van der Waals surface area contributed by atoms with Gasteiger partial charge in [-0.1, -0.05) is 26.0 Å². The molecule has 1 aromatic rings. The summed E-state index contributed by atoms with van der Waals surface area (Å²) in [4.78, 5) is 0.